The maximum Gasteiger partial charge on any atom is 0.162 e. The lowest BCUT2D eigenvalue weighted by atomic mass is 10.2. The number of rotatable bonds is 10. The SMILES string of the molecule is C=CC(OC(C=C)C(C=C)S(=O)O)C(C=C)S(=O)O. The maximum atomic E-state index is 11.1. The average Bonchev–Trinajstić information content (AvgIpc) is 2.36. The Hall–Kier alpha value is -0.860. The zero-order chi connectivity index (χ0) is 15.0. The molecule has 0 spiro atoms. The minimum absolute atomic E-state index is 0.836. The number of hydrogen-bond acceptors (Lipinski definition) is 3. The van der Waals surface area contributed by atoms with Crippen molar-refractivity contribution >= 4 is 22.2 Å². The monoisotopic (exact) mass is 306 g/mol. The highest BCUT2D eigenvalue weighted by Gasteiger charge is 2.29. The van der Waals surface area contributed by atoms with Crippen LogP contribution in [-0.2, 0) is 26.9 Å². The van der Waals surface area contributed by atoms with Crippen LogP contribution in [0.3, 0.4) is 0 Å². The fraction of sp³-hybridized carbons (Fsp3) is 0.333. The van der Waals surface area contributed by atoms with Crippen LogP contribution in [0.5, 0.6) is 0 Å². The fourth-order valence-electron chi connectivity index (χ4n) is 1.38. The maximum absolute atomic E-state index is 11.1. The Kier molecular flexibility index (Phi) is 8.70. The molecule has 0 aromatic heterocycles. The van der Waals surface area contributed by atoms with Crippen molar-refractivity contribution < 1.29 is 22.3 Å². The number of ether oxygens (including phenoxy) is 1. The van der Waals surface area contributed by atoms with E-state index < -0.39 is 44.9 Å². The second-order valence-corrected chi connectivity index (χ2v) is 5.68. The van der Waals surface area contributed by atoms with E-state index in [0.717, 1.165) is 0 Å². The van der Waals surface area contributed by atoms with Gasteiger partial charge in [0.1, 0.15) is 10.5 Å². The molecular weight excluding hydrogens is 288 g/mol. The molecule has 0 heterocycles. The highest BCUT2D eigenvalue weighted by Crippen LogP contribution is 2.16. The first kappa shape index (κ1) is 18.1. The summed E-state index contributed by atoms with van der Waals surface area (Å²) < 4.78 is 46.0. The van der Waals surface area contributed by atoms with Crippen LogP contribution < -0.4 is 0 Å². The zero-order valence-corrected chi connectivity index (χ0v) is 12.0. The number of hydrogen-bond donors (Lipinski definition) is 2. The summed E-state index contributed by atoms with van der Waals surface area (Å²) in [7, 11) is 0. The lowest BCUT2D eigenvalue weighted by molar-refractivity contribution is 0.0483. The Labute approximate surface area is 118 Å². The minimum Gasteiger partial charge on any atom is -0.364 e. The van der Waals surface area contributed by atoms with E-state index in [0.29, 0.717) is 0 Å². The Bertz CT molecular complexity index is 358. The smallest absolute Gasteiger partial charge is 0.162 e. The third-order valence-corrected chi connectivity index (χ3v) is 4.21. The Balaban J connectivity index is 5.11. The van der Waals surface area contributed by atoms with Gasteiger partial charge < -0.3 is 13.8 Å². The molecule has 0 aromatic carbocycles. The van der Waals surface area contributed by atoms with Crippen molar-refractivity contribution in [2.45, 2.75) is 22.7 Å². The summed E-state index contributed by atoms with van der Waals surface area (Å²) in [4.78, 5) is 0. The molecule has 2 N–H and O–H groups in total. The quantitative estimate of drug-likeness (QED) is 0.474. The van der Waals surface area contributed by atoms with Gasteiger partial charge in [0.2, 0.25) is 0 Å². The summed E-state index contributed by atoms with van der Waals surface area (Å²) in [6.45, 7) is 13.9. The van der Waals surface area contributed by atoms with Gasteiger partial charge in [0.15, 0.2) is 22.2 Å². The van der Waals surface area contributed by atoms with Gasteiger partial charge >= 0.3 is 0 Å². The highest BCUT2D eigenvalue weighted by atomic mass is 32.2. The molecule has 0 fully saturated rings. The lowest BCUT2D eigenvalue weighted by Gasteiger charge is -2.26. The molecule has 0 aliphatic carbocycles. The average molecular weight is 306 g/mol. The predicted octanol–water partition coefficient (Wildman–Crippen LogP) is 1.66. The minimum atomic E-state index is -2.19. The lowest BCUT2D eigenvalue weighted by Crippen LogP contribution is -2.38. The van der Waals surface area contributed by atoms with Crippen LogP contribution in [0, 0.1) is 0 Å². The summed E-state index contributed by atoms with van der Waals surface area (Å²) in [6, 6.07) is 0. The fourth-order valence-corrected chi connectivity index (χ4v) is 2.52. The summed E-state index contributed by atoms with van der Waals surface area (Å²) in [5, 5.41) is -1.78. The van der Waals surface area contributed by atoms with Crippen molar-refractivity contribution in [3.63, 3.8) is 0 Å². The molecule has 5 nitrogen and oxygen atoms in total. The molecule has 6 unspecified atom stereocenters. The molecule has 0 saturated carbocycles. The first-order chi connectivity index (χ1) is 8.92. The highest BCUT2D eigenvalue weighted by molar-refractivity contribution is 7.80. The largest absolute Gasteiger partial charge is 0.364 e. The van der Waals surface area contributed by atoms with Crippen molar-refractivity contribution in [3.8, 4) is 0 Å². The van der Waals surface area contributed by atoms with Crippen molar-refractivity contribution in [1.29, 1.82) is 0 Å². The second-order valence-electron chi connectivity index (χ2n) is 3.49. The van der Waals surface area contributed by atoms with E-state index in [4.69, 9.17) is 13.8 Å². The Morgan fingerprint density at radius 3 is 1.26 bits per heavy atom. The molecule has 7 heteroatoms. The topological polar surface area (TPSA) is 83.8 Å². The Morgan fingerprint density at radius 1 is 0.789 bits per heavy atom. The molecule has 0 bridgehead atoms. The molecule has 0 radical (unpaired) electrons. The van der Waals surface area contributed by atoms with Gasteiger partial charge in [0.05, 0.1) is 12.2 Å². The van der Waals surface area contributed by atoms with Gasteiger partial charge in [0.25, 0.3) is 0 Å². The van der Waals surface area contributed by atoms with Gasteiger partial charge in [-0.2, -0.15) is 0 Å². The van der Waals surface area contributed by atoms with Gasteiger partial charge in [-0.05, 0) is 0 Å². The van der Waals surface area contributed by atoms with Crippen LogP contribution in [0.1, 0.15) is 0 Å². The zero-order valence-electron chi connectivity index (χ0n) is 10.4. The molecule has 0 saturated heterocycles. The summed E-state index contributed by atoms with van der Waals surface area (Å²) in [6.07, 6.45) is 3.52. The van der Waals surface area contributed by atoms with E-state index in [1.807, 2.05) is 0 Å². The molecule has 0 amide bonds. The van der Waals surface area contributed by atoms with Crippen LogP contribution in [0.15, 0.2) is 50.6 Å². The molecular formula is C12H18O5S2. The van der Waals surface area contributed by atoms with Crippen LogP contribution in [-0.4, -0.2) is 40.2 Å². The summed E-state index contributed by atoms with van der Waals surface area (Å²) >= 11 is -4.38. The molecule has 0 aliphatic heterocycles. The molecule has 19 heavy (non-hydrogen) atoms. The predicted molar refractivity (Wildman–Crippen MR) is 78.6 cm³/mol. The summed E-state index contributed by atoms with van der Waals surface area (Å²) in [5.41, 5.74) is 0. The molecule has 0 aromatic rings. The van der Waals surface area contributed by atoms with Gasteiger partial charge in [0, 0.05) is 0 Å². The molecule has 0 rings (SSSR count). The van der Waals surface area contributed by atoms with Gasteiger partial charge in [-0.15, -0.1) is 26.3 Å². The van der Waals surface area contributed by atoms with E-state index in [9.17, 15) is 8.42 Å². The van der Waals surface area contributed by atoms with Gasteiger partial charge in [-0.25, -0.2) is 8.42 Å². The molecule has 108 valence electrons. The third-order valence-electron chi connectivity index (χ3n) is 2.36. The normalized spacial score (nSPS) is 20.3. The van der Waals surface area contributed by atoms with Crippen LogP contribution in [0.25, 0.3) is 0 Å². The van der Waals surface area contributed by atoms with Crippen molar-refractivity contribution in [3.05, 3.63) is 50.6 Å². The first-order valence-corrected chi connectivity index (χ1v) is 7.61. The van der Waals surface area contributed by atoms with E-state index in [1.165, 1.54) is 24.3 Å². The van der Waals surface area contributed by atoms with E-state index in [1.54, 1.807) is 0 Å². The first-order valence-electron chi connectivity index (χ1n) is 5.27. The Morgan fingerprint density at radius 2 is 1.11 bits per heavy atom. The third kappa shape index (κ3) is 5.33. The van der Waals surface area contributed by atoms with Crippen molar-refractivity contribution in [2.24, 2.45) is 0 Å². The van der Waals surface area contributed by atoms with Crippen LogP contribution >= 0.6 is 0 Å². The standard InChI is InChI=1S/C12H18O5S2/c1-5-9(11(7-3)18(13)14)17-10(6-2)12(8-4)19(15)16/h5-12H,1-4H2,(H,13,14)(H,15,16). The molecule has 0 aliphatic rings. The van der Waals surface area contributed by atoms with Gasteiger partial charge in [-0.3, -0.25) is 0 Å². The van der Waals surface area contributed by atoms with E-state index in [-0.39, 0.29) is 0 Å². The van der Waals surface area contributed by atoms with E-state index in [2.05, 4.69) is 26.3 Å². The van der Waals surface area contributed by atoms with Crippen LogP contribution in [0.2, 0.25) is 0 Å². The second kappa shape index (κ2) is 9.11. The summed E-state index contributed by atoms with van der Waals surface area (Å²) in [5.74, 6) is 0. The van der Waals surface area contributed by atoms with E-state index >= 15 is 0 Å². The van der Waals surface area contributed by atoms with Crippen molar-refractivity contribution in [1.82, 2.24) is 0 Å². The van der Waals surface area contributed by atoms with Crippen LogP contribution in [0.4, 0.5) is 0 Å². The van der Waals surface area contributed by atoms with Crippen molar-refractivity contribution in [2.75, 3.05) is 0 Å². The molecule has 6 atom stereocenters. The van der Waals surface area contributed by atoms with Gasteiger partial charge in [-0.1, -0.05) is 24.3 Å².